The molecule has 1 aromatic carbocycles. The molecule has 2 aromatic rings. The number of imidazole rings is 1. The summed E-state index contributed by atoms with van der Waals surface area (Å²) in [6.45, 7) is 2.15. The number of unbranched alkanes of at least 4 members (excludes halogenated alkanes) is 1. The van der Waals surface area contributed by atoms with Gasteiger partial charge in [0.1, 0.15) is 0 Å². The largest absolute Gasteiger partial charge is 0.322 e. The Hall–Kier alpha value is -1.47. The van der Waals surface area contributed by atoms with E-state index in [4.69, 9.17) is 5.26 Å². The predicted molar refractivity (Wildman–Crippen MR) is 75.7 cm³/mol. The Kier molecular flexibility index (Phi) is 4.27. The first-order valence-corrected chi connectivity index (χ1v) is 7.20. The fourth-order valence-electron chi connectivity index (χ4n) is 1.89. The Labute approximate surface area is 112 Å². The number of thioether (sulfide) groups is 1. The van der Waals surface area contributed by atoms with E-state index in [2.05, 4.69) is 40.7 Å². The lowest BCUT2D eigenvalue weighted by Gasteiger charge is -2.00. The van der Waals surface area contributed by atoms with E-state index in [0.717, 1.165) is 29.3 Å². The van der Waals surface area contributed by atoms with Gasteiger partial charge in [-0.25, -0.2) is 4.98 Å². The van der Waals surface area contributed by atoms with Crippen molar-refractivity contribution in [2.45, 2.75) is 31.3 Å². The molecule has 94 valence electrons. The molecular weight excluding hydrogens is 242 g/mol. The van der Waals surface area contributed by atoms with Gasteiger partial charge in [0, 0.05) is 19.2 Å². The summed E-state index contributed by atoms with van der Waals surface area (Å²) in [7, 11) is 2.05. The first-order valence-electron chi connectivity index (χ1n) is 6.21. The molecule has 0 saturated carbocycles. The number of nitriles is 1. The van der Waals surface area contributed by atoms with Crippen LogP contribution in [0, 0.1) is 11.3 Å². The molecule has 0 unspecified atom stereocenters. The van der Waals surface area contributed by atoms with Gasteiger partial charge in [0.05, 0.1) is 17.1 Å². The number of benzene rings is 1. The highest BCUT2D eigenvalue weighted by Crippen LogP contribution is 2.24. The zero-order chi connectivity index (χ0) is 13.0. The van der Waals surface area contributed by atoms with E-state index in [-0.39, 0.29) is 0 Å². The van der Waals surface area contributed by atoms with Gasteiger partial charge in [0.2, 0.25) is 0 Å². The van der Waals surface area contributed by atoms with Gasteiger partial charge in [-0.15, -0.1) is 0 Å². The van der Waals surface area contributed by atoms with E-state index in [1.54, 1.807) is 11.8 Å². The minimum atomic E-state index is 0.622. The molecule has 3 nitrogen and oxygen atoms in total. The number of hydrogen-bond acceptors (Lipinski definition) is 3. The summed E-state index contributed by atoms with van der Waals surface area (Å²) in [5, 5.41) is 9.55. The maximum Gasteiger partial charge on any atom is 0.168 e. The highest BCUT2D eigenvalue weighted by molar-refractivity contribution is 7.99. The van der Waals surface area contributed by atoms with Crippen molar-refractivity contribution in [2.24, 2.45) is 7.05 Å². The van der Waals surface area contributed by atoms with Crippen LogP contribution >= 0.6 is 11.8 Å². The molecular formula is C14H17N3S. The lowest BCUT2D eigenvalue weighted by molar-refractivity contribution is 0.813. The Balaban J connectivity index is 2.19. The molecule has 0 atom stereocenters. The van der Waals surface area contributed by atoms with Gasteiger partial charge in [0.15, 0.2) is 5.16 Å². The van der Waals surface area contributed by atoms with Crippen LogP contribution in [0.4, 0.5) is 0 Å². The van der Waals surface area contributed by atoms with Crippen molar-refractivity contribution in [1.82, 2.24) is 9.55 Å². The topological polar surface area (TPSA) is 41.6 Å². The smallest absolute Gasteiger partial charge is 0.168 e. The summed E-state index contributed by atoms with van der Waals surface area (Å²) in [4.78, 5) is 4.66. The lowest BCUT2D eigenvalue weighted by Crippen LogP contribution is -1.91. The van der Waals surface area contributed by atoms with Gasteiger partial charge in [-0.2, -0.15) is 5.26 Å². The molecule has 0 aliphatic rings. The van der Waals surface area contributed by atoms with E-state index in [1.165, 1.54) is 11.1 Å². The molecule has 0 bridgehead atoms. The molecule has 0 aliphatic carbocycles. The third kappa shape index (κ3) is 2.68. The van der Waals surface area contributed by atoms with Crippen LogP contribution in [0.1, 0.15) is 25.3 Å². The molecule has 0 radical (unpaired) electrons. The highest BCUT2D eigenvalue weighted by Gasteiger charge is 2.08. The molecule has 0 spiro atoms. The Morgan fingerprint density at radius 3 is 3.00 bits per heavy atom. The number of fused-ring (bicyclic) bond motifs is 1. The summed E-state index contributed by atoms with van der Waals surface area (Å²) in [6.07, 6.45) is 2.58. The van der Waals surface area contributed by atoms with Crippen LogP contribution in [0.3, 0.4) is 0 Å². The third-order valence-corrected chi connectivity index (χ3v) is 4.09. The second-order valence-electron chi connectivity index (χ2n) is 4.24. The average Bonchev–Trinajstić information content (AvgIpc) is 2.71. The fraction of sp³-hybridized carbons (Fsp3) is 0.429. The van der Waals surface area contributed by atoms with Crippen LogP contribution < -0.4 is 0 Å². The summed E-state index contributed by atoms with van der Waals surface area (Å²) in [6, 6.07) is 8.63. The van der Waals surface area contributed by atoms with Crippen LogP contribution in [-0.2, 0) is 13.5 Å². The van der Waals surface area contributed by atoms with Crippen LogP contribution in [0.2, 0.25) is 0 Å². The van der Waals surface area contributed by atoms with Crippen molar-refractivity contribution in [3.63, 3.8) is 0 Å². The van der Waals surface area contributed by atoms with E-state index < -0.39 is 0 Å². The Morgan fingerprint density at radius 2 is 2.28 bits per heavy atom. The second kappa shape index (κ2) is 5.92. The molecule has 0 fully saturated rings. The van der Waals surface area contributed by atoms with Crippen LogP contribution in [0.15, 0.2) is 23.4 Å². The minimum absolute atomic E-state index is 0.622. The van der Waals surface area contributed by atoms with E-state index in [0.29, 0.717) is 6.42 Å². The average molecular weight is 259 g/mol. The lowest BCUT2D eigenvalue weighted by atomic mass is 10.1. The minimum Gasteiger partial charge on any atom is -0.322 e. The Bertz CT molecular complexity index is 580. The maximum absolute atomic E-state index is 8.51. The second-order valence-corrected chi connectivity index (χ2v) is 5.30. The molecule has 2 rings (SSSR count). The zero-order valence-corrected chi connectivity index (χ0v) is 11.6. The standard InChI is InChI=1S/C14H17N3S/c1-3-11-6-7-13-12(10-11)16-14(17(13)2)18-9-5-4-8-15/h6-7,10H,3-5,9H2,1-2H3. The quantitative estimate of drug-likeness (QED) is 0.609. The van der Waals surface area contributed by atoms with Gasteiger partial charge in [0.25, 0.3) is 0 Å². The molecule has 1 aromatic heterocycles. The summed E-state index contributed by atoms with van der Waals surface area (Å²) in [5.74, 6) is 0.950. The van der Waals surface area contributed by atoms with Crippen molar-refractivity contribution in [2.75, 3.05) is 5.75 Å². The van der Waals surface area contributed by atoms with Gasteiger partial charge < -0.3 is 4.57 Å². The number of hydrogen-bond donors (Lipinski definition) is 0. The number of nitrogens with zero attached hydrogens (tertiary/aromatic N) is 3. The summed E-state index contributed by atoms with van der Waals surface area (Å²) < 4.78 is 2.13. The van der Waals surface area contributed by atoms with Crippen molar-refractivity contribution in [1.29, 1.82) is 5.26 Å². The van der Waals surface area contributed by atoms with E-state index in [9.17, 15) is 0 Å². The number of aromatic nitrogens is 2. The van der Waals surface area contributed by atoms with Crippen molar-refractivity contribution in [3.05, 3.63) is 23.8 Å². The van der Waals surface area contributed by atoms with Crippen molar-refractivity contribution in [3.8, 4) is 6.07 Å². The fourth-order valence-corrected chi connectivity index (χ4v) is 2.81. The SMILES string of the molecule is CCc1ccc2c(c1)nc(SCCCC#N)n2C. The molecule has 0 saturated heterocycles. The van der Waals surface area contributed by atoms with Gasteiger partial charge in [-0.1, -0.05) is 24.8 Å². The molecule has 4 heteroatoms. The maximum atomic E-state index is 8.51. The van der Waals surface area contributed by atoms with Gasteiger partial charge in [-0.05, 0) is 30.5 Å². The number of rotatable bonds is 5. The Morgan fingerprint density at radius 1 is 1.44 bits per heavy atom. The molecule has 0 N–H and O–H groups in total. The zero-order valence-electron chi connectivity index (χ0n) is 10.8. The van der Waals surface area contributed by atoms with Gasteiger partial charge in [-0.3, -0.25) is 0 Å². The normalized spacial score (nSPS) is 10.7. The molecule has 0 amide bonds. The van der Waals surface area contributed by atoms with E-state index in [1.807, 2.05) is 7.05 Å². The first kappa shape index (κ1) is 13.0. The summed E-state index contributed by atoms with van der Waals surface area (Å²) in [5.41, 5.74) is 3.57. The van der Waals surface area contributed by atoms with Crippen molar-refractivity contribution < 1.29 is 0 Å². The van der Waals surface area contributed by atoms with Crippen LogP contribution in [-0.4, -0.2) is 15.3 Å². The molecule has 0 aliphatic heterocycles. The molecule has 1 heterocycles. The molecule has 18 heavy (non-hydrogen) atoms. The predicted octanol–water partition coefficient (Wildman–Crippen LogP) is 3.53. The number of aryl methyl sites for hydroxylation is 2. The first-order chi connectivity index (χ1) is 8.76. The van der Waals surface area contributed by atoms with Crippen LogP contribution in [0.25, 0.3) is 11.0 Å². The summed E-state index contributed by atoms with van der Waals surface area (Å²) >= 11 is 1.73. The van der Waals surface area contributed by atoms with Crippen LogP contribution in [0.5, 0.6) is 0 Å². The van der Waals surface area contributed by atoms with E-state index >= 15 is 0 Å². The van der Waals surface area contributed by atoms with Crippen molar-refractivity contribution >= 4 is 22.8 Å². The third-order valence-electron chi connectivity index (χ3n) is 2.98. The van der Waals surface area contributed by atoms with Gasteiger partial charge >= 0.3 is 0 Å². The highest BCUT2D eigenvalue weighted by atomic mass is 32.2. The monoisotopic (exact) mass is 259 g/mol.